The number of carbonyl (C=O) groups excluding carboxylic acids is 8. The van der Waals surface area contributed by atoms with Crippen LogP contribution in [0.25, 0.3) is 0 Å². The number of nitrogens with zero attached hydrogens (tertiary/aromatic N) is 4. The summed E-state index contributed by atoms with van der Waals surface area (Å²) >= 11 is 1.49. The summed E-state index contributed by atoms with van der Waals surface area (Å²) in [7, 11) is 3.38. The molecule has 3 fully saturated rings. The maximum absolute atomic E-state index is 14.1. The summed E-state index contributed by atoms with van der Waals surface area (Å²) in [6, 6.07) is 10.5. The molecule has 0 bridgehead atoms. The first-order valence-electron chi connectivity index (χ1n) is 27.7. The molecule has 78 heavy (non-hydrogen) atoms. The number of thioether (sulfide) groups is 1. The van der Waals surface area contributed by atoms with Gasteiger partial charge in [0.2, 0.25) is 41.4 Å². The summed E-state index contributed by atoms with van der Waals surface area (Å²) in [6.07, 6.45) is 3.77. The van der Waals surface area contributed by atoms with Gasteiger partial charge in [-0.25, -0.2) is 4.39 Å². The fourth-order valence-electron chi connectivity index (χ4n) is 10.1. The fraction of sp³-hybridized carbons (Fsp3) is 0.638. The highest BCUT2D eigenvalue weighted by atomic mass is 32.2. The summed E-state index contributed by atoms with van der Waals surface area (Å²) in [6.45, 7) is 22.3. The minimum absolute atomic E-state index is 0.0901. The quantitative estimate of drug-likeness (QED) is 0.109. The van der Waals surface area contributed by atoms with Crippen LogP contribution >= 0.6 is 11.8 Å². The van der Waals surface area contributed by atoms with Crippen LogP contribution in [-0.2, 0) is 33.6 Å². The van der Waals surface area contributed by atoms with E-state index in [2.05, 4.69) is 31.9 Å². The van der Waals surface area contributed by atoms with Gasteiger partial charge in [-0.05, 0) is 108 Å². The molecular formula is C58H87FN10O8S. The SMILES string of the molecule is CC[C@@H](NC(=O)[C@@H]1C[C@H](NC(=O)C(C)C)CN1C(=O)[C@@H](NC(=O)[C@H](C)NC)C(C)(C)C)c1ccccc1.CN[C@@H](C)C(=O)N[C@H](C(=O)N1CCC[C@H]1C1=NC(C(=O)c2ccc(F)cc2)CS1)C1CCN(C(=O)C(C)(C)C)CC1. The molecule has 20 heteroatoms. The van der Waals surface area contributed by atoms with Gasteiger partial charge < -0.3 is 46.6 Å². The van der Waals surface area contributed by atoms with E-state index in [1.54, 1.807) is 41.8 Å². The normalized spacial score (nSPS) is 21.8. The van der Waals surface area contributed by atoms with Crippen molar-refractivity contribution in [3.63, 3.8) is 0 Å². The molecule has 4 aliphatic rings. The van der Waals surface area contributed by atoms with E-state index in [4.69, 9.17) is 4.99 Å². The average Bonchev–Trinajstić information content (AvgIpc) is 4.24. The molecule has 6 rings (SSSR count). The van der Waals surface area contributed by atoms with Gasteiger partial charge in [-0.2, -0.15) is 0 Å². The number of likely N-dealkylation sites (N-methyl/N-ethyl adjacent to an activating group) is 2. The van der Waals surface area contributed by atoms with Crippen molar-refractivity contribution in [3.8, 4) is 0 Å². The maximum atomic E-state index is 14.1. The zero-order valence-corrected chi connectivity index (χ0v) is 49.0. The number of hydrogen-bond acceptors (Lipinski definition) is 12. The summed E-state index contributed by atoms with van der Waals surface area (Å²) in [5.41, 5.74) is 0.326. The van der Waals surface area contributed by atoms with E-state index < -0.39 is 52.9 Å². The molecule has 3 saturated heterocycles. The molecule has 9 atom stereocenters. The van der Waals surface area contributed by atoms with Crippen LogP contribution in [-0.4, -0.2) is 161 Å². The second-order valence-electron chi connectivity index (χ2n) is 23.5. The highest BCUT2D eigenvalue weighted by Crippen LogP contribution is 2.34. The predicted molar refractivity (Wildman–Crippen MR) is 303 cm³/mol. The first-order valence-corrected chi connectivity index (χ1v) is 28.7. The average molecular weight is 1100 g/mol. The lowest BCUT2D eigenvalue weighted by Crippen LogP contribution is -2.59. The number of hydrogen-bond donors (Lipinski definition) is 6. The molecule has 0 saturated carbocycles. The summed E-state index contributed by atoms with van der Waals surface area (Å²) in [4.78, 5) is 116. The van der Waals surface area contributed by atoms with Crippen LogP contribution in [0, 0.1) is 28.5 Å². The minimum Gasteiger partial charge on any atom is -0.351 e. The number of rotatable bonds is 18. The van der Waals surface area contributed by atoms with Crippen molar-refractivity contribution in [2.45, 2.75) is 169 Å². The standard InChI is InChI=1S/C30H42FN5O4S.C28H45N5O4/c1-18(32-5)26(38)34-24(19-12-15-35(16-13-19)29(40)30(2,3)4)28(39)36-14-6-7-23(36)27-33-22(17-41-27)25(37)20-8-10-21(31)11-9-20;1-9-21(19-13-11-10-12-14-19)31-26(36)22-15-20(30-24(34)17(2)3)16-33(22)27(37)23(28(5,6)7)32-25(35)18(4)29-8/h8-11,18-19,22-24,32H,6-7,12-17H2,1-5H3,(H,34,38);10-14,17-18,20-23,29H,9,15-16H2,1-8H3,(H,30,34)(H,31,36)(H,32,35)/t18-,22?,23-,24-;18-,20-,21+,22-,23+/m00/s1. The Kier molecular flexibility index (Phi) is 22.6. The molecule has 2 aromatic carbocycles. The number of halogens is 1. The first kappa shape index (κ1) is 63.1. The second kappa shape index (κ2) is 27.9. The van der Waals surface area contributed by atoms with Gasteiger partial charge in [0.25, 0.3) is 0 Å². The van der Waals surface area contributed by atoms with Crippen molar-refractivity contribution in [2.75, 3.05) is 46.0 Å². The molecule has 0 aromatic heterocycles. The number of piperidine rings is 1. The van der Waals surface area contributed by atoms with Gasteiger partial charge in [-0.15, -0.1) is 11.8 Å². The van der Waals surface area contributed by atoms with Crippen molar-refractivity contribution in [1.82, 2.24) is 46.6 Å². The largest absolute Gasteiger partial charge is 0.351 e. The van der Waals surface area contributed by atoms with Gasteiger partial charge in [-0.1, -0.05) is 92.6 Å². The van der Waals surface area contributed by atoms with Crippen LogP contribution in [0.1, 0.15) is 137 Å². The number of benzene rings is 2. The Morgan fingerprint density at radius 2 is 1.35 bits per heavy atom. The highest BCUT2D eigenvalue weighted by Gasteiger charge is 2.47. The maximum Gasteiger partial charge on any atom is 0.246 e. The number of carbonyl (C=O) groups is 8. The molecule has 0 spiro atoms. The van der Waals surface area contributed by atoms with Gasteiger partial charge in [0.1, 0.15) is 30.0 Å². The van der Waals surface area contributed by atoms with Gasteiger partial charge in [0, 0.05) is 54.9 Å². The molecule has 0 radical (unpaired) electrons. The van der Waals surface area contributed by atoms with E-state index in [-0.39, 0.29) is 83.6 Å². The zero-order valence-electron chi connectivity index (χ0n) is 48.2. The molecule has 4 aliphatic heterocycles. The zero-order chi connectivity index (χ0) is 57.8. The molecule has 18 nitrogen and oxygen atoms in total. The van der Waals surface area contributed by atoms with E-state index in [0.717, 1.165) is 23.4 Å². The number of nitrogens with one attached hydrogen (secondary N) is 6. The fourth-order valence-corrected chi connectivity index (χ4v) is 11.3. The van der Waals surface area contributed by atoms with Crippen molar-refractivity contribution < 1.29 is 42.7 Å². The van der Waals surface area contributed by atoms with Crippen molar-refractivity contribution >= 4 is 63.9 Å². The Morgan fingerprint density at radius 1 is 0.744 bits per heavy atom. The Hall–Kier alpha value is -5.73. The summed E-state index contributed by atoms with van der Waals surface area (Å²) in [5.74, 6) is -1.73. The molecule has 2 aromatic rings. The Bertz CT molecular complexity index is 2460. The van der Waals surface area contributed by atoms with E-state index in [1.165, 1.54) is 40.9 Å². The lowest BCUT2D eigenvalue weighted by atomic mass is 9.85. The van der Waals surface area contributed by atoms with E-state index in [1.807, 2.05) is 88.6 Å². The van der Waals surface area contributed by atoms with Crippen LogP contribution in [0.4, 0.5) is 4.39 Å². The van der Waals surface area contributed by atoms with Crippen molar-refractivity contribution in [1.29, 1.82) is 0 Å². The number of aliphatic imine (C=N–C) groups is 1. The predicted octanol–water partition coefficient (Wildman–Crippen LogP) is 5.03. The Balaban J connectivity index is 0.000000289. The molecule has 7 amide bonds. The second-order valence-corrected chi connectivity index (χ2v) is 24.6. The van der Waals surface area contributed by atoms with Gasteiger partial charge >= 0.3 is 0 Å². The Morgan fingerprint density at radius 3 is 1.90 bits per heavy atom. The number of likely N-dealkylation sites (tertiary alicyclic amines) is 3. The lowest BCUT2D eigenvalue weighted by Gasteiger charge is -2.40. The van der Waals surface area contributed by atoms with Gasteiger partial charge in [0.15, 0.2) is 5.78 Å². The lowest BCUT2D eigenvalue weighted by molar-refractivity contribution is -0.144. The third kappa shape index (κ3) is 16.4. The smallest absolute Gasteiger partial charge is 0.246 e. The van der Waals surface area contributed by atoms with Crippen molar-refractivity contribution in [2.24, 2.45) is 27.7 Å². The molecule has 6 N–H and O–H groups in total. The molecule has 430 valence electrons. The number of amides is 7. The van der Waals surface area contributed by atoms with Crippen LogP contribution in [0.3, 0.4) is 0 Å². The molecule has 4 heterocycles. The Labute approximate surface area is 465 Å². The van der Waals surface area contributed by atoms with Gasteiger partial charge in [0.05, 0.1) is 29.2 Å². The van der Waals surface area contributed by atoms with E-state index in [9.17, 15) is 42.7 Å². The van der Waals surface area contributed by atoms with E-state index in [0.29, 0.717) is 56.6 Å². The number of ketones is 1. The van der Waals surface area contributed by atoms with Crippen LogP contribution < -0.4 is 31.9 Å². The third-order valence-electron chi connectivity index (χ3n) is 15.2. The highest BCUT2D eigenvalue weighted by molar-refractivity contribution is 8.14. The number of Topliss-reactive ketones (excluding diaryl/α,β-unsaturated/α-hetero) is 1. The van der Waals surface area contributed by atoms with Crippen LogP contribution in [0.5, 0.6) is 0 Å². The first-order chi connectivity index (χ1) is 36.7. The van der Waals surface area contributed by atoms with Crippen LogP contribution in [0.15, 0.2) is 59.6 Å². The molecule has 1 unspecified atom stereocenters. The molecule has 0 aliphatic carbocycles. The van der Waals surface area contributed by atoms with Gasteiger partial charge in [-0.3, -0.25) is 43.3 Å². The monoisotopic (exact) mass is 1100 g/mol. The summed E-state index contributed by atoms with van der Waals surface area (Å²) in [5, 5.41) is 18.6. The topological polar surface area (TPSA) is 231 Å². The minimum atomic E-state index is -0.846. The van der Waals surface area contributed by atoms with E-state index >= 15 is 0 Å². The third-order valence-corrected chi connectivity index (χ3v) is 16.3. The molecular weight excluding hydrogens is 1020 g/mol. The summed E-state index contributed by atoms with van der Waals surface area (Å²) < 4.78 is 13.3. The van der Waals surface area contributed by atoms with Crippen molar-refractivity contribution in [3.05, 3.63) is 71.5 Å². The van der Waals surface area contributed by atoms with Crippen LogP contribution in [0.2, 0.25) is 0 Å².